The Morgan fingerprint density at radius 2 is 1.83 bits per heavy atom. The van der Waals surface area contributed by atoms with Crippen LogP contribution in [0.5, 0.6) is 0 Å². The summed E-state index contributed by atoms with van der Waals surface area (Å²) in [5, 5.41) is 7.44. The fourth-order valence-corrected chi connectivity index (χ4v) is 3.63. The number of carbonyl (C=O) groups excluding carboxylic acids is 1. The molecule has 0 atom stereocenters. The van der Waals surface area contributed by atoms with Gasteiger partial charge in [-0.15, -0.1) is 0 Å². The average molecular weight is 390 g/mol. The number of aryl methyl sites for hydroxylation is 2. The van der Waals surface area contributed by atoms with Gasteiger partial charge < -0.3 is 10.2 Å². The quantitative estimate of drug-likeness (QED) is 0.724. The summed E-state index contributed by atoms with van der Waals surface area (Å²) in [4.78, 5) is 24.2. The summed E-state index contributed by atoms with van der Waals surface area (Å²) in [5.74, 6) is 0.596. The van der Waals surface area contributed by atoms with Crippen molar-refractivity contribution in [3.8, 4) is 11.3 Å². The molecule has 1 amide bonds. The maximum atomic E-state index is 12.7. The Morgan fingerprint density at radius 1 is 1.07 bits per heavy atom. The predicted octanol–water partition coefficient (Wildman–Crippen LogP) is 3.11. The van der Waals surface area contributed by atoms with Crippen LogP contribution in [0.2, 0.25) is 0 Å². The zero-order chi connectivity index (χ0) is 20.2. The van der Waals surface area contributed by atoms with Crippen molar-refractivity contribution in [3.05, 3.63) is 59.5 Å². The Hall–Kier alpha value is -3.22. The van der Waals surface area contributed by atoms with E-state index < -0.39 is 0 Å². The molecule has 7 heteroatoms. The first kappa shape index (κ1) is 19.1. The van der Waals surface area contributed by atoms with Gasteiger partial charge in [-0.25, -0.2) is 9.97 Å². The second kappa shape index (κ2) is 8.43. The highest BCUT2D eigenvalue weighted by Gasteiger charge is 2.17. The number of hydrogen-bond donors (Lipinski definition) is 1. The zero-order valence-electron chi connectivity index (χ0n) is 16.9. The van der Waals surface area contributed by atoms with Gasteiger partial charge in [-0.2, -0.15) is 5.10 Å². The van der Waals surface area contributed by atoms with Crippen LogP contribution >= 0.6 is 0 Å². The van der Waals surface area contributed by atoms with Crippen molar-refractivity contribution in [1.82, 2.24) is 25.1 Å². The number of nitrogens with one attached hydrogen (secondary N) is 1. The van der Waals surface area contributed by atoms with Crippen molar-refractivity contribution in [2.75, 3.05) is 18.0 Å². The maximum Gasteiger partial charge on any atom is 0.269 e. The molecule has 3 aromatic rings. The minimum Gasteiger partial charge on any atom is -0.345 e. The molecule has 7 nitrogen and oxygen atoms in total. The SMILES string of the molecule is Cc1cc(CNC(=O)c2cc(-c3ccccc3)nn2C)nc(N2CCCCC2)n1. The number of piperidine rings is 1. The highest BCUT2D eigenvalue weighted by atomic mass is 16.2. The van der Waals surface area contributed by atoms with E-state index in [4.69, 9.17) is 0 Å². The molecule has 1 aromatic carbocycles. The average Bonchev–Trinajstić information content (AvgIpc) is 3.15. The van der Waals surface area contributed by atoms with Gasteiger partial charge in [-0.05, 0) is 38.3 Å². The molecule has 0 radical (unpaired) electrons. The lowest BCUT2D eigenvalue weighted by molar-refractivity contribution is 0.0941. The summed E-state index contributed by atoms with van der Waals surface area (Å²) in [6.07, 6.45) is 3.61. The van der Waals surface area contributed by atoms with Crippen LogP contribution in [0, 0.1) is 6.92 Å². The number of carbonyl (C=O) groups is 1. The monoisotopic (exact) mass is 390 g/mol. The molecule has 0 saturated carbocycles. The summed E-state index contributed by atoms with van der Waals surface area (Å²) in [7, 11) is 1.78. The van der Waals surface area contributed by atoms with Crippen LogP contribution < -0.4 is 10.2 Å². The summed E-state index contributed by atoms with van der Waals surface area (Å²) in [6.45, 7) is 4.31. The molecule has 0 bridgehead atoms. The van der Waals surface area contributed by atoms with E-state index in [1.54, 1.807) is 11.7 Å². The van der Waals surface area contributed by atoms with Gasteiger partial charge in [0.1, 0.15) is 5.69 Å². The lowest BCUT2D eigenvalue weighted by Crippen LogP contribution is -2.32. The minimum absolute atomic E-state index is 0.169. The first-order valence-electron chi connectivity index (χ1n) is 10.1. The predicted molar refractivity (Wildman–Crippen MR) is 113 cm³/mol. The number of rotatable bonds is 5. The van der Waals surface area contributed by atoms with Crippen LogP contribution in [0.4, 0.5) is 5.95 Å². The summed E-state index contributed by atoms with van der Waals surface area (Å²) in [6, 6.07) is 13.6. The lowest BCUT2D eigenvalue weighted by Gasteiger charge is -2.27. The fraction of sp³-hybridized carbons (Fsp3) is 0.364. The standard InChI is InChI=1S/C22H26N6O/c1-16-13-18(25-22(24-16)28-11-7-4-8-12-28)15-23-21(29)20-14-19(26-27(20)2)17-9-5-3-6-10-17/h3,5-6,9-10,13-14H,4,7-8,11-12,15H2,1-2H3,(H,23,29). The van der Waals surface area contributed by atoms with Crippen LogP contribution in [-0.2, 0) is 13.6 Å². The van der Waals surface area contributed by atoms with E-state index in [1.165, 1.54) is 19.3 Å². The topological polar surface area (TPSA) is 75.9 Å². The van der Waals surface area contributed by atoms with Crippen molar-refractivity contribution >= 4 is 11.9 Å². The van der Waals surface area contributed by atoms with E-state index in [2.05, 4.69) is 25.3 Å². The van der Waals surface area contributed by atoms with Crippen molar-refractivity contribution < 1.29 is 4.79 Å². The largest absolute Gasteiger partial charge is 0.345 e. The Kier molecular flexibility index (Phi) is 5.55. The van der Waals surface area contributed by atoms with Crippen LogP contribution in [0.25, 0.3) is 11.3 Å². The molecule has 150 valence electrons. The summed E-state index contributed by atoms with van der Waals surface area (Å²) in [5.41, 5.74) is 4.02. The van der Waals surface area contributed by atoms with Gasteiger partial charge >= 0.3 is 0 Å². The molecule has 1 fully saturated rings. The highest BCUT2D eigenvalue weighted by molar-refractivity contribution is 5.93. The molecular formula is C22H26N6O. The number of aromatic nitrogens is 4. The van der Waals surface area contributed by atoms with Crippen LogP contribution in [0.1, 0.15) is 41.1 Å². The van der Waals surface area contributed by atoms with Crippen LogP contribution in [0.15, 0.2) is 42.5 Å². The number of benzene rings is 1. The normalized spacial score (nSPS) is 14.1. The molecule has 0 unspecified atom stereocenters. The Morgan fingerprint density at radius 3 is 2.59 bits per heavy atom. The van der Waals surface area contributed by atoms with Gasteiger partial charge in [0, 0.05) is 31.4 Å². The number of amides is 1. The smallest absolute Gasteiger partial charge is 0.269 e. The molecule has 3 heterocycles. The van der Waals surface area contributed by atoms with E-state index in [-0.39, 0.29) is 5.91 Å². The lowest BCUT2D eigenvalue weighted by atomic mass is 10.1. The Labute approximate surface area is 170 Å². The van der Waals surface area contributed by atoms with E-state index in [9.17, 15) is 4.79 Å². The van der Waals surface area contributed by atoms with Crippen molar-refractivity contribution in [1.29, 1.82) is 0 Å². The van der Waals surface area contributed by atoms with Crippen molar-refractivity contribution in [3.63, 3.8) is 0 Å². The van der Waals surface area contributed by atoms with E-state index in [1.807, 2.05) is 49.4 Å². The highest BCUT2D eigenvalue weighted by Crippen LogP contribution is 2.19. The summed E-state index contributed by atoms with van der Waals surface area (Å²) < 4.78 is 1.61. The Bertz CT molecular complexity index is 992. The molecule has 2 aromatic heterocycles. The number of nitrogens with zero attached hydrogens (tertiary/aromatic N) is 5. The third-order valence-electron chi connectivity index (χ3n) is 5.15. The van der Waals surface area contributed by atoms with E-state index >= 15 is 0 Å². The summed E-state index contributed by atoms with van der Waals surface area (Å²) >= 11 is 0. The molecule has 1 N–H and O–H groups in total. The van der Waals surface area contributed by atoms with Crippen molar-refractivity contribution in [2.45, 2.75) is 32.7 Å². The van der Waals surface area contributed by atoms with Gasteiger partial charge in [-0.1, -0.05) is 30.3 Å². The molecule has 1 aliphatic rings. The molecule has 29 heavy (non-hydrogen) atoms. The number of anilines is 1. The molecule has 1 saturated heterocycles. The zero-order valence-corrected chi connectivity index (χ0v) is 16.9. The fourth-order valence-electron chi connectivity index (χ4n) is 3.63. The second-order valence-electron chi connectivity index (χ2n) is 7.44. The molecular weight excluding hydrogens is 364 g/mol. The maximum absolute atomic E-state index is 12.7. The molecule has 0 spiro atoms. The van der Waals surface area contributed by atoms with Gasteiger partial charge in [0.05, 0.1) is 17.9 Å². The van der Waals surface area contributed by atoms with Crippen LogP contribution in [-0.4, -0.2) is 38.7 Å². The van der Waals surface area contributed by atoms with Crippen LogP contribution in [0.3, 0.4) is 0 Å². The first-order valence-corrected chi connectivity index (χ1v) is 10.1. The van der Waals surface area contributed by atoms with Gasteiger partial charge in [0.15, 0.2) is 0 Å². The molecule has 4 rings (SSSR count). The first-order chi connectivity index (χ1) is 14.1. The second-order valence-corrected chi connectivity index (χ2v) is 7.44. The van der Waals surface area contributed by atoms with Gasteiger partial charge in [-0.3, -0.25) is 9.48 Å². The molecule has 1 aliphatic heterocycles. The minimum atomic E-state index is -0.169. The van der Waals surface area contributed by atoms with Gasteiger partial charge in [0.25, 0.3) is 5.91 Å². The number of hydrogen-bond acceptors (Lipinski definition) is 5. The third kappa shape index (κ3) is 4.45. The van der Waals surface area contributed by atoms with E-state index in [0.29, 0.717) is 12.2 Å². The molecule has 0 aliphatic carbocycles. The van der Waals surface area contributed by atoms with Gasteiger partial charge in [0.2, 0.25) is 5.95 Å². The van der Waals surface area contributed by atoms with Crippen molar-refractivity contribution in [2.24, 2.45) is 7.05 Å². The Balaban J connectivity index is 1.46. The third-order valence-corrected chi connectivity index (χ3v) is 5.15. The van der Waals surface area contributed by atoms with E-state index in [0.717, 1.165) is 41.7 Å².